The summed E-state index contributed by atoms with van der Waals surface area (Å²) >= 11 is 0. The van der Waals surface area contributed by atoms with Crippen molar-refractivity contribution in [2.45, 2.75) is 91.9 Å². The Morgan fingerprint density at radius 1 is 0.778 bits per heavy atom. The SMILES string of the molecule is CC=CCCCC(CCC)CCCC(CC)CC. The second-order valence-electron chi connectivity index (χ2n) is 5.77. The molecule has 0 aromatic carbocycles. The fraction of sp³-hybridized carbons (Fsp3) is 0.889. The summed E-state index contributed by atoms with van der Waals surface area (Å²) in [6.07, 6.45) is 18.5. The Bertz CT molecular complexity index is 176. The molecule has 0 aliphatic heterocycles. The molecule has 0 rings (SSSR count). The lowest BCUT2D eigenvalue weighted by Crippen LogP contribution is -2.03. The van der Waals surface area contributed by atoms with Gasteiger partial charge in [-0.1, -0.05) is 84.3 Å². The molecule has 0 saturated heterocycles. The van der Waals surface area contributed by atoms with Crippen molar-refractivity contribution in [1.29, 1.82) is 0 Å². The molecule has 0 radical (unpaired) electrons. The Hall–Kier alpha value is -0.260. The third-order valence-electron chi connectivity index (χ3n) is 4.30. The zero-order valence-corrected chi connectivity index (χ0v) is 13.4. The van der Waals surface area contributed by atoms with Crippen LogP contribution < -0.4 is 0 Å². The van der Waals surface area contributed by atoms with E-state index in [1.54, 1.807) is 0 Å². The van der Waals surface area contributed by atoms with Gasteiger partial charge in [0, 0.05) is 0 Å². The van der Waals surface area contributed by atoms with Gasteiger partial charge in [-0.05, 0) is 31.6 Å². The quantitative estimate of drug-likeness (QED) is 0.266. The van der Waals surface area contributed by atoms with Crippen molar-refractivity contribution >= 4 is 0 Å². The normalized spacial score (nSPS) is 13.6. The minimum absolute atomic E-state index is 0.982. The fourth-order valence-corrected chi connectivity index (χ4v) is 2.92. The molecule has 0 amide bonds. The highest BCUT2D eigenvalue weighted by Gasteiger charge is 2.09. The summed E-state index contributed by atoms with van der Waals surface area (Å²) in [6.45, 7) is 9.14. The highest BCUT2D eigenvalue weighted by Crippen LogP contribution is 2.24. The predicted molar refractivity (Wildman–Crippen MR) is 85.0 cm³/mol. The van der Waals surface area contributed by atoms with Crippen molar-refractivity contribution in [3.63, 3.8) is 0 Å². The minimum atomic E-state index is 0.982. The third kappa shape index (κ3) is 9.74. The monoisotopic (exact) mass is 252 g/mol. The van der Waals surface area contributed by atoms with Gasteiger partial charge < -0.3 is 0 Å². The standard InChI is InChI=1S/C18H36/c1-5-9-10-11-14-18(13-6-2)16-12-15-17(7-3)8-4/h5,9,17-18H,6-8,10-16H2,1-4H3. The largest absolute Gasteiger partial charge is 0.0917 e. The van der Waals surface area contributed by atoms with Crippen LogP contribution in [0.4, 0.5) is 0 Å². The molecule has 0 bridgehead atoms. The number of rotatable bonds is 12. The van der Waals surface area contributed by atoms with E-state index in [9.17, 15) is 0 Å². The average Bonchev–Trinajstić information content (AvgIpc) is 2.39. The molecule has 0 nitrogen and oxygen atoms in total. The summed E-state index contributed by atoms with van der Waals surface area (Å²) in [5.41, 5.74) is 0. The van der Waals surface area contributed by atoms with Crippen molar-refractivity contribution in [2.75, 3.05) is 0 Å². The molecular weight excluding hydrogens is 216 g/mol. The van der Waals surface area contributed by atoms with E-state index in [0.29, 0.717) is 0 Å². The molecule has 0 N–H and O–H groups in total. The lowest BCUT2D eigenvalue weighted by Gasteiger charge is -2.18. The Morgan fingerprint density at radius 3 is 1.94 bits per heavy atom. The highest BCUT2D eigenvalue weighted by atomic mass is 14.1. The lowest BCUT2D eigenvalue weighted by molar-refractivity contribution is 0.357. The van der Waals surface area contributed by atoms with E-state index in [2.05, 4.69) is 39.8 Å². The zero-order chi connectivity index (χ0) is 13.6. The molecular formula is C18H36. The fourth-order valence-electron chi connectivity index (χ4n) is 2.92. The maximum Gasteiger partial charge on any atom is -0.0351 e. The van der Waals surface area contributed by atoms with Crippen LogP contribution in [0, 0.1) is 11.8 Å². The van der Waals surface area contributed by atoms with Gasteiger partial charge in [0.2, 0.25) is 0 Å². The van der Waals surface area contributed by atoms with Crippen LogP contribution >= 0.6 is 0 Å². The summed E-state index contributed by atoms with van der Waals surface area (Å²) in [4.78, 5) is 0. The van der Waals surface area contributed by atoms with Crippen molar-refractivity contribution in [3.05, 3.63) is 12.2 Å². The maximum atomic E-state index is 2.34. The Morgan fingerprint density at radius 2 is 1.39 bits per heavy atom. The van der Waals surface area contributed by atoms with Crippen LogP contribution in [0.25, 0.3) is 0 Å². The van der Waals surface area contributed by atoms with Crippen LogP contribution in [-0.2, 0) is 0 Å². The van der Waals surface area contributed by atoms with Gasteiger partial charge in [-0.3, -0.25) is 0 Å². The summed E-state index contributed by atoms with van der Waals surface area (Å²) in [6, 6.07) is 0. The average molecular weight is 252 g/mol. The molecule has 0 aliphatic carbocycles. The molecule has 1 unspecified atom stereocenters. The van der Waals surface area contributed by atoms with Gasteiger partial charge >= 0.3 is 0 Å². The topological polar surface area (TPSA) is 0 Å². The van der Waals surface area contributed by atoms with E-state index in [-0.39, 0.29) is 0 Å². The van der Waals surface area contributed by atoms with Crippen molar-refractivity contribution in [2.24, 2.45) is 11.8 Å². The van der Waals surface area contributed by atoms with Gasteiger partial charge in [0.1, 0.15) is 0 Å². The van der Waals surface area contributed by atoms with E-state index in [1.165, 1.54) is 64.2 Å². The molecule has 0 saturated carbocycles. The first kappa shape index (κ1) is 17.7. The lowest BCUT2D eigenvalue weighted by atomic mass is 9.88. The van der Waals surface area contributed by atoms with Crippen LogP contribution in [0.3, 0.4) is 0 Å². The van der Waals surface area contributed by atoms with E-state index in [0.717, 1.165) is 11.8 Å². The molecule has 0 aromatic rings. The molecule has 18 heavy (non-hydrogen) atoms. The number of hydrogen-bond donors (Lipinski definition) is 0. The Balaban J connectivity index is 3.74. The van der Waals surface area contributed by atoms with Gasteiger partial charge in [-0.2, -0.15) is 0 Å². The summed E-state index contributed by atoms with van der Waals surface area (Å²) in [5.74, 6) is 1.98. The first-order valence-corrected chi connectivity index (χ1v) is 8.39. The van der Waals surface area contributed by atoms with E-state index < -0.39 is 0 Å². The molecule has 108 valence electrons. The molecule has 0 spiro atoms. The van der Waals surface area contributed by atoms with E-state index >= 15 is 0 Å². The second-order valence-corrected chi connectivity index (χ2v) is 5.77. The summed E-state index contributed by atoms with van der Waals surface area (Å²) in [5, 5.41) is 0. The second kappa shape index (κ2) is 13.2. The molecule has 0 heterocycles. The first-order chi connectivity index (χ1) is 8.78. The van der Waals surface area contributed by atoms with Crippen LogP contribution in [-0.4, -0.2) is 0 Å². The number of unbranched alkanes of at least 4 members (excludes halogenated alkanes) is 1. The van der Waals surface area contributed by atoms with Gasteiger partial charge in [0.25, 0.3) is 0 Å². The van der Waals surface area contributed by atoms with Gasteiger partial charge in [-0.25, -0.2) is 0 Å². The van der Waals surface area contributed by atoms with Gasteiger partial charge in [0.15, 0.2) is 0 Å². The van der Waals surface area contributed by atoms with Crippen molar-refractivity contribution in [3.8, 4) is 0 Å². The van der Waals surface area contributed by atoms with Crippen molar-refractivity contribution < 1.29 is 0 Å². The van der Waals surface area contributed by atoms with E-state index in [4.69, 9.17) is 0 Å². The van der Waals surface area contributed by atoms with Crippen molar-refractivity contribution in [1.82, 2.24) is 0 Å². The Kier molecular flexibility index (Phi) is 13.0. The highest BCUT2D eigenvalue weighted by molar-refractivity contribution is 4.77. The van der Waals surface area contributed by atoms with Crippen LogP contribution in [0.2, 0.25) is 0 Å². The van der Waals surface area contributed by atoms with Gasteiger partial charge in [-0.15, -0.1) is 0 Å². The summed E-state index contributed by atoms with van der Waals surface area (Å²) in [7, 11) is 0. The maximum absolute atomic E-state index is 2.34. The third-order valence-corrected chi connectivity index (χ3v) is 4.30. The molecule has 0 heteroatoms. The number of allylic oxidation sites excluding steroid dienone is 2. The number of hydrogen-bond acceptors (Lipinski definition) is 0. The van der Waals surface area contributed by atoms with Gasteiger partial charge in [0.05, 0.1) is 0 Å². The zero-order valence-electron chi connectivity index (χ0n) is 13.4. The molecule has 0 aromatic heterocycles. The molecule has 1 atom stereocenters. The van der Waals surface area contributed by atoms with Crippen LogP contribution in [0.5, 0.6) is 0 Å². The van der Waals surface area contributed by atoms with Crippen LogP contribution in [0.1, 0.15) is 91.9 Å². The predicted octanol–water partition coefficient (Wildman–Crippen LogP) is 6.76. The minimum Gasteiger partial charge on any atom is -0.0917 e. The Labute approximate surface area is 116 Å². The first-order valence-electron chi connectivity index (χ1n) is 8.39. The van der Waals surface area contributed by atoms with E-state index in [1.807, 2.05) is 0 Å². The smallest absolute Gasteiger partial charge is 0.0351 e. The summed E-state index contributed by atoms with van der Waals surface area (Å²) < 4.78 is 0. The molecule has 0 aliphatic rings. The molecule has 0 fully saturated rings. The van der Waals surface area contributed by atoms with Crippen LogP contribution in [0.15, 0.2) is 12.2 Å².